The van der Waals surface area contributed by atoms with Crippen LogP contribution in [0.4, 0.5) is 13.2 Å². The third-order valence-corrected chi connectivity index (χ3v) is 3.63. The molecule has 0 aromatic rings. The van der Waals surface area contributed by atoms with E-state index in [-0.39, 0.29) is 12.5 Å². The van der Waals surface area contributed by atoms with Gasteiger partial charge in [-0.1, -0.05) is 46.0 Å². The zero-order valence-electron chi connectivity index (χ0n) is 13.2. The summed E-state index contributed by atoms with van der Waals surface area (Å²) in [6, 6.07) is -2.15. The molecule has 0 bridgehead atoms. The Morgan fingerprint density at radius 2 is 1.71 bits per heavy atom. The van der Waals surface area contributed by atoms with Crippen LogP contribution in [0.2, 0.25) is 0 Å². The van der Waals surface area contributed by atoms with Gasteiger partial charge in [0.2, 0.25) is 0 Å². The number of rotatable bonds is 10. The lowest BCUT2D eigenvalue weighted by Gasteiger charge is -2.25. The van der Waals surface area contributed by atoms with Crippen molar-refractivity contribution in [2.45, 2.75) is 84.0 Å². The van der Waals surface area contributed by atoms with Gasteiger partial charge in [0, 0.05) is 0 Å². The third-order valence-electron chi connectivity index (χ3n) is 3.63. The summed E-state index contributed by atoms with van der Waals surface area (Å²) in [5.74, 6) is -2.13. The van der Waals surface area contributed by atoms with Crippen LogP contribution in [0.3, 0.4) is 0 Å². The first kappa shape index (κ1) is 20.2. The standard InChI is InChI=1S/C15H28F3NO2/c1-4-6-7-8-9-10-12(13(19)15(16,17)18)14(20)21-11(3)5-2/h11-13H,4-10,19H2,1-3H3/t11?,12-,13-/m1/s1. The van der Waals surface area contributed by atoms with Gasteiger partial charge in [-0.05, 0) is 19.8 Å². The van der Waals surface area contributed by atoms with Gasteiger partial charge in [-0.25, -0.2) is 0 Å². The Morgan fingerprint density at radius 1 is 1.14 bits per heavy atom. The second kappa shape index (κ2) is 10.0. The summed E-state index contributed by atoms with van der Waals surface area (Å²) in [5, 5.41) is 0. The van der Waals surface area contributed by atoms with E-state index in [0.29, 0.717) is 12.8 Å². The predicted octanol–water partition coefficient (Wildman–Crippen LogP) is 4.19. The predicted molar refractivity (Wildman–Crippen MR) is 76.7 cm³/mol. The molecular weight excluding hydrogens is 283 g/mol. The fraction of sp³-hybridized carbons (Fsp3) is 0.933. The van der Waals surface area contributed by atoms with E-state index < -0.39 is 24.1 Å². The second-order valence-corrected chi connectivity index (χ2v) is 5.53. The zero-order chi connectivity index (χ0) is 16.5. The molecule has 126 valence electrons. The molecule has 0 radical (unpaired) electrons. The van der Waals surface area contributed by atoms with E-state index in [1.54, 1.807) is 13.8 Å². The first-order valence-electron chi connectivity index (χ1n) is 7.76. The van der Waals surface area contributed by atoms with Gasteiger partial charge in [-0.2, -0.15) is 13.2 Å². The first-order valence-corrected chi connectivity index (χ1v) is 7.76. The zero-order valence-corrected chi connectivity index (χ0v) is 13.2. The number of unbranched alkanes of at least 4 members (excludes halogenated alkanes) is 4. The van der Waals surface area contributed by atoms with Crippen LogP contribution >= 0.6 is 0 Å². The van der Waals surface area contributed by atoms with Crippen molar-refractivity contribution in [3.05, 3.63) is 0 Å². The lowest BCUT2D eigenvalue weighted by Crippen LogP contribution is -2.47. The smallest absolute Gasteiger partial charge is 0.404 e. The lowest BCUT2D eigenvalue weighted by molar-refractivity contribution is -0.179. The minimum atomic E-state index is -4.58. The van der Waals surface area contributed by atoms with E-state index in [9.17, 15) is 18.0 Å². The molecule has 0 aromatic carbocycles. The molecule has 0 rings (SSSR count). The summed E-state index contributed by atoms with van der Waals surface area (Å²) in [5.41, 5.74) is 5.23. The average molecular weight is 311 g/mol. The van der Waals surface area contributed by atoms with Gasteiger partial charge in [-0.15, -0.1) is 0 Å². The summed E-state index contributed by atoms with van der Waals surface area (Å²) >= 11 is 0. The van der Waals surface area contributed by atoms with Gasteiger partial charge in [0.25, 0.3) is 0 Å². The number of carbonyl (C=O) groups is 1. The summed E-state index contributed by atoms with van der Waals surface area (Å²) in [6.07, 6.45) is 0.161. The number of halogens is 3. The molecule has 3 nitrogen and oxygen atoms in total. The highest BCUT2D eigenvalue weighted by Crippen LogP contribution is 2.28. The maximum absolute atomic E-state index is 12.8. The van der Waals surface area contributed by atoms with Gasteiger partial charge in [0.05, 0.1) is 12.0 Å². The average Bonchev–Trinajstić information content (AvgIpc) is 2.40. The topological polar surface area (TPSA) is 52.3 Å². The fourth-order valence-electron chi connectivity index (χ4n) is 2.01. The van der Waals surface area contributed by atoms with Crippen molar-refractivity contribution in [3.63, 3.8) is 0 Å². The number of ether oxygens (including phenoxy) is 1. The number of hydrogen-bond acceptors (Lipinski definition) is 3. The molecule has 0 aliphatic rings. The minimum Gasteiger partial charge on any atom is -0.462 e. The van der Waals surface area contributed by atoms with Gasteiger partial charge in [0.1, 0.15) is 6.04 Å². The van der Waals surface area contributed by atoms with Gasteiger partial charge in [-0.3, -0.25) is 4.79 Å². The van der Waals surface area contributed by atoms with E-state index in [1.807, 2.05) is 0 Å². The molecule has 2 N–H and O–H groups in total. The number of hydrogen-bond donors (Lipinski definition) is 1. The molecular formula is C15H28F3NO2. The van der Waals surface area contributed by atoms with Crippen molar-refractivity contribution in [1.82, 2.24) is 0 Å². The third kappa shape index (κ3) is 8.29. The van der Waals surface area contributed by atoms with Crippen LogP contribution in [0.5, 0.6) is 0 Å². The van der Waals surface area contributed by atoms with Crippen molar-refractivity contribution in [2.75, 3.05) is 0 Å². The Bertz CT molecular complexity index is 295. The molecule has 0 aliphatic heterocycles. The number of esters is 1. The molecule has 0 saturated carbocycles. The van der Waals surface area contributed by atoms with Crippen LogP contribution in [0.15, 0.2) is 0 Å². The quantitative estimate of drug-likeness (QED) is 0.486. The van der Waals surface area contributed by atoms with E-state index in [4.69, 9.17) is 10.5 Å². The molecule has 0 aliphatic carbocycles. The Morgan fingerprint density at radius 3 is 2.19 bits per heavy atom. The Kier molecular flexibility index (Phi) is 9.66. The Hall–Kier alpha value is -0.780. The summed E-state index contributed by atoms with van der Waals surface area (Å²) in [6.45, 7) is 5.53. The van der Waals surface area contributed by atoms with Crippen molar-refractivity contribution in [3.8, 4) is 0 Å². The van der Waals surface area contributed by atoms with Crippen LogP contribution in [0.25, 0.3) is 0 Å². The molecule has 0 saturated heterocycles. The van der Waals surface area contributed by atoms with Crippen LogP contribution < -0.4 is 5.73 Å². The maximum atomic E-state index is 12.8. The normalized spacial score (nSPS) is 16.3. The highest BCUT2D eigenvalue weighted by atomic mass is 19.4. The monoisotopic (exact) mass is 311 g/mol. The molecule has 0 aromatic heterocycles. The number of alkyl halides is 3. The summed E-state index contributed by atoms with van der Waals surface area (Å²) < 4.78 is 43.4. The Labute approximate surface area is 125 Å². The first-order chi connectivity index (χ1) is 9.73. The molecule has 0 fully saturated rings. The van der Waals surface area contributed by atoms with E-state index in [1.165, 1.54) is 0 Å². The highest BCUT2D eigenvalue weighted by Gasteiger charge is 2.45. The lowest BCUT2D eigenvalue weighted by atomic mass is 9.93. The largest absolute Gasteiger partial charge is 0.462 e. The SMILES string of the molecule is CCCCCCC[C@@H](C(=O)OC(C)CC)[C@@H](N)C(F)(F)F. The van der Waals surface area contributed by atoms with Gasteiger partial charge < -0.3 is 10.5 Å². The van der Waals surface area contributed by atoms with Crippen LogP contribution in [0, 0.1) is 5.92 Å². The molecule has 21 heavy (non-hydrogen) atoms. The van der Waals surface area contributed by atoms with Gasteiger partial charge >= 0.3 is 12.1 Å². The van der Waals surface area contributed by atoms with Crippen molar-refractivity contribution >= 4 is 5.97 Å². The molecule has 0 amide bonds. The highest BCUT2D eigenvalue weighted by molar-refractivity contribution is 5.73. The minimum absolute atomic E-state index is 0.125. The second-order valence-electron chi connectivity index (χ2n) is 5.53. The van der Waals surface area contributed by atoms with E-state index in [2.05, 4.69) is 6.92 Å². The molecule has 6 heteroatoms. The Balaban J connectivity index is 4.58. The van der Waals surface area contributed by atoms with Crippen LogP contribution in [0.1, 0.15) is 65.7 Å². The summed E-state index contributed by atoms with van der Waals surface area (Å²) in [7, 11) is 0. The molecule has 3 atom stereocenters. The van der Waals surface area contributed by atoms with Crippen molar-refractivity contribution in [2.24, 2.45) is 11.7 Å². The molecule has 0 heterocycles. The van der Waals surface area contributed by atoms with Crippen molar-refractivity contribution < 1.29 is 22.7 Å². The molecule has 0 spiro atoms. The van der Waals surface area contributed by atoms with E-state index >= 15 is 0 Å². The van der Waals surface area contributed by atoms with E-state index in [0.717, 1.165) is 25.7 Å². The van der Waals surface area contributed by atoms with Crippen LogP contribution in [-0.2, 0) is 9.53 Å². The number of nitrogens with two attached hydrogens (primary N) is 1. The van der Waals surface area contributed by atoms with Crippen LogP contribution in [-0.4, -0.2) is 24.3 Å². The maximum Gasteiger partial charge on any atom is 0.404 e. The molecule has 1 unspecified atom stereocenters. The van der Waals surface area contributed by atoms with Crippen molar-refractivity contribution in [1.29, 1.82) is 0 Å². The fourth-order valence-corrected chi connectivity index (χ4v) is 2.01. The summed E-state index contributed by atoms with van der Waals surface area (Å²) in [4.78, 5) is 11.9. The van der Waals surface area contributed by atoms with Gasteiger partial charge in [0.15, 0.2) is 0 Å². The number of carbonyl (C=O) groups excluding carboxylic acids is 1.